The number of para-hydroxylation sites is 2. The summed E-state index contributed by atoms with van der Waals surface area (Å²) < 4.78 is 26.1. The van der Waals surface area contributed by atoms with E-state index in [-0.39, 0.29) is 17.9 Å². The Hall–Kier alpha value is -3.95. The van der Waals surface area contributed by atoms with Crippen molar-refractivity contribution < 1.29 is 38.1 Å². The Kier molecular flexibility index (Phi) is 6.58. The zero-order valence-electron chi connectivity index (χ0n) is 16.3. The predicted octanol–water partition coefficient (Wildman–Crippen LogP) is 0.848. The average molecular weight is 416 g/mol. The Morgan fingerprint density at radius 2 is 1.80 bits per heavy atom. The fourth-order valence-corrected chi connectivity index (χ4v) is 2.57. The van der Waals surface area contributed by atoms with E-state index in [9.17, 15) is 14.4 Å². The van der Waals surface area contributed by atoms with Crippen LogP contribution < -0.4 is 29.8 Å². The number of hydrazine groups is 1. The van der Waals surface area contributed by atoms with E-state index in [1.807, 2.05) is 0 Å². The van der Waals surface area contributed by atoms with E-state index in [1.165, 1.54) is 26.4 Å². The van der Waals surface area contributed by atoms with Gasteiger partial charge in [-0.05, 0) is 24.3 Å². The molecule has 10 heteroatoms. The van der Waals surface area contributed by atoms with Crippen molar-refractivity contribution in [2.24, 2.45) is 0 Å². The highest BCUT2D eigenvalue weighted by molar-refractivity contribution is 5.94. The van der Waals surface area contributed by atoms with Crippen molar-refractivity contribution in [2.75, 3.05) is 27.4 Å². The number of carbonyl (C=O) groups excluding carboxylic acids is 3. The normalized spacial score (nSPS) is 14.3. The van der Waals surface area contributed by atoms with Crippen LogP contribution in [-0.4, -0.2) is 51.3 Å². The van der Waals surface area contributed by atoms with Gasteiger partial charge in [-0.2, -0.15) is 0 Å². The molecule has 0 bridgehead atoms. The molecule has 2 aromatic carbocycles. The van der Waals surface area contributed by atoms with Gasteiger partial charge in [0, 0.05) is 6.07 Å². The second-order valence-electron chi connectivity index (χ2n) is 6.04. The summed E-state index contributed by atoms with van der Waals surface area (Å²) in [6.45, 7) is -0.621. The second kappa shape index (κ2) is 9.50. The summed E-state index contributed by atoms with van der Waals surface area (Å²) in [5, 5.41) is 0. The number of esters is 1. The van der Waals surface area contributed by atoms with Crippen LogP contribution in [0.1, 0.15) is 10.4 Å². The number of ether oxygens (including phenoxy) is 5. The number of benzene rings is 2. The first kappa shape index (κ1) is 20.8. The number of hydrogen-bond donors (Lipinski definition) is 2. The van der Waals surface area contributed by atoms with Gasteiger partial charge in [-0.3, -0.25) is 20.4 Å². The summed E-state index contributed by atoms with van der Waals surface area (Å²) in [4.78, 5) is 36.2. The Labute approximate surface area is 172 Å². The van der Waals surface area contributed by atoms with Gasteiger partial charge in [0.2, 0.25) is 6.10 Å². The van der Waals surface area contributed by atoms with E-state index in [0.717, 1.165) is 0 Å². The smallest absolute Gasteiger partial charge is 0.342 e. The van der Waals surface area contributed by atoms with Crippen molar-refractivity contribution in [1.29, 1.82) is 0 Å². The summed E-state index contributed by atoms with van der Waals surface area (Å²) in [5.74, 6) is -0.411. The van der Waals surface area contributed by atoms with E-state index in [0.29, 0.717) is 17.2 Å². The molecule has 0 saturated heterocycles. The van der Waals surface area contributed by atoms with E-state index in [1.54, 1.807) is 30.3 Å². The maximum absolute atomic E-state index is 12.2. The molecule has 2 amide bonds. The number of nitrogens with one attached hydrogen (secondary N) is 2. The van der Waals surface area contributed by atoms with Gasteiger partial charge in [0.1, 0.15) is 23.7 Å². The lowest BCUT2D eigenvalue weighted by molar-refractivity contribution is -0.135. The van der Waals surface area contributed by atoms with Crippen LogP contribution in [-0.2, 0) is 14.3 Å². The largest absolute Gasteiger partial charge is 0.497 e. The van der Waals surface area contributed by atoms with Crippen LogP contribution in [0, 0.1) is 0 Å². The van der Waals surface area contributed by atoms with Crippen LogP contribution in [0.15, 0.2) is 42.5 Å². The van der Waals surface area contributed by atoms with Crippen molar-refractivity contribution in [3.05, 3.63) is 48.0 Å². The van der Waals surface area contributed by atoms with Crippen LogP contribution in [0.25, 0.3) is 0 Å². The monoisotopic (exact) mass is 416 g/mol. The Morgan fingerprint density at radius 3 is 2.53 bits per heavy atom. The molecule has 1 aliphatic heterocycles. The van der Waals surface area contributed by atoms with Crippen LogP contribution in [0.4, 0.5) is 0 Å². The summed E-state index contributed by atoms with van der Waals surface area (Å²) in [6.07, 6.45) is -0.939. The quantitative estimate of drug-likeness (QED) is 0.525. The maximum atomic E-state index is 12.2. The van der Waals surface area contributed by atoms with Gasteiger partial charge < -0.3 is 23.7 Å². The molecule has 2 aromatic rings. The molecule has 0 unspecified atom stereocenters. The third-order valence-corrected chi connectivity index (χ3v) is 4.09. The van der Waals surface area contributed by atoms with Gasteiger partial charge in [-0.1, -0.05) is 12.1 Å². The summed E-state index contributed by atoms with van der Waals surface area (Å²) >= 11 is 0. The molecule has 1 heterocycles. The molecule has 0 aromatic heterocycles. The van der Waals surface area contributed by atoms with Crippen LogP contribution in [0.2, 0.25) is 0 Å². The molecule has 0 aliphatic carbocycles. The molecular formula is C20H20N2O8. The average Bonchev–Trinajstić information content (AvgIpc) is 2.80. The first-order chi connectivity index (χ1) is 14.5. The second-order valence-corrected chi connectivity index (χ2v) is 6.04. The number of fused-ring (bicyclic) bond motifs is 1. The van der Waals surface area contributed by atoms with E-state index < -0.39 is 30.5 Å². The van der Waals surface area contributed by atoms with E-state index >= 15 is 0 Å². The molecule has 1 atom stereocenters. The SMILES string of the molecule is COc1ccc(C(=O)OCC(=O)NNC(=O)[C@H]2COc3ccccc3O2)c(OC)c1. The van der Waals surface area contributed by atoms with E-state index in [4.69, 9.17) is 23.7 Å². The molecule has 10 nitrogen and oxygen atoms in total. The van der Waals surface area contributed by atoms with Crippen LogP contribution in [0.3, 0.4) is 0 Å². The fraction of sp³-hybridized carbons (Fsp3) is 0.250. The molecule has 0 spiro atoms. The zero-order chi connectivity index (χ0) is 21.5. The van der Waals surface area contributed by atoms with Crippen LogP contribution >= 0.6 is 0 Å². The standard InChI is InChI=1S/C20H20N2O8/c1-26-12-7-8-13(16(9-12)27-2)20(25)29-11-18(23)21-22-19(24)17-10-28-14-5-3-4-6-15(14)30-17/h3-9,17H,10-11H2,1-2H3,(H,21,23)(H,22,24)/t17-/m1/s1. The molecule has 0 radical (unpaired) electrons. The van der Waals surface area contributed by atoms with Crippen molar-refractivity contribution in [1.82, 2.24) is 10.9 Å². The highest BCUT2D eigenvalue weighted by atomic mass is 16.6. The molecular weight excluding hydrogens is 396 g/mol. The number of rotatable bonds is 6. The van der Waals surface area contributed by atoms with Crippen molar-refractivity contribution >= 4 is 17.8 Å². The van der Waals surface area contributed by atoms with Gasteiger partial charge in [0.15, 0.2) is 18.1 Å². The Morgan fingerprint density at radius 1 is 1.03 bits per heavy atom. The number of methoxy groups -OCH3 is 2. The van der Waals surface area contributed by atoms with Gasteiger partial charge in [-0.15, -0.1) is 0 Å². The molecule has 158 valence electrons. The third-order valence-electron chi connectivity index (χ3n) is 4.09. The molecule has 1 aliphatic rings. The maximum Gasteiger partial charge on any atom is 0.342 e. The molecule has 2 N–H and O–H groups in total. The Bertz CT molecular complexity index is 946. The number of amides is 2. The minimum Gasteiger partial charge on any atom is -0.497 e. The lowest BCUT2D eigenvalue weighted by Crippen LogP contribution is -2.51. The molecule has 0 fully saturated rings. The Balaban J connectivity index is 1.46. The minimum absolute atomic E-state index is 0.00896. The summed E-state index contributed by atoms with van der Waals surface area (Å²) in [6, 6.07) is 11.4. The lowest BCUT2D eigenvalue weighted by atomic mass is 10.2. The first-order valence-corrected chi connectivity index (χ1v) is 8.88. The predicted molar refractivity (Wildman–Crippen MR) is 102 cm³/mol. The van der Waals surface area contributed by atoms with Gasteiger partial charge >= 0.3 is 5.97 Å². The van der Waals surface area contributed by atoms with E-state index in [2.05, 4.69) is 10.9 Å². The van der Waals surface area contributed by atoms with Crippen molar-refractivity contribution in [3.63, 3.8) is 0 Å². The third kappa shape index (κ3) is 4.90. The molecule has 3 rings (SSSR count). The highest BCUT2D eigenvalue weighted by Crippen LogP contribution is 2.30. The highest BCUT2D eigenvalue weighted by Gasteiger charge is 2.27. The number of hydrogen-bond acceptors (Lipinski definition) is 8. The fourth-order valence-electron chi connectivity index (χ4n) is 2.57. The zero-order valence-corrected chi connectivity index (χ0v) is 16.3. The molecule has 0 saturated carbocycles. The summed E-state index contributed by atoms with van der Waals surface area (Å²) in [5.41, 5.74) is 4.49. The minimum atomic E-state index is -0.939. The van der Waals surface area contributed by atoms with Crippen molar-refractivity contribution in [3.8, 4) is 23.0 Å². The van der Waals surface area contributed by atoms with Gasteiger partial charge in [-0.25, -0.2) is 4.79 Å². The van der Waals surface area contributed by atoms with Gasteiger partial charge in [0.25, 0.3) is 11.8 Å². The van der Waals surface area contributed by atoms with Crippen LogP contribution in [0.5, 0.6) is 23.0 Å². The molecule has 30 heavy (non-hydrogen) atoms. The lowest BCUT2D eigenvalue weighted by Gasteiger charge is -2.25. The topological polar surface area (TPSA) is 121 Å². The summed E-state index contributed by atoms with van der Waals surface area (Å²) in [7, 11) is 2.87. The number of carbonyl (C=O) groups is 3. The van der Waals surface area contributed by atoms with Gasteiger partial charge in [0.05, 0.1) is 14.2 Å². The van der Waals surface area contributed by atoms with Crippen molar-refractivity contribution in [2.45, 2.75) is 6.10 Å². The first-order valence-electron chi connectivity index (χ1n) is 8.88.